The van der Waals surface area contributed by atoms with E-state index >= 15 is 0 Å². The largest absolute Gasteiger partial charge is 0.494 e. The first-order chi connectivity index (χ1) is 9.68. The summed E-state index contributed by atoms with van der Waals surface area (Å²) in [5.41, 5.74) is 0.229. The third kappa shape index (κ3) is 3.74. The molecule has 1 fully saturated rings. The molecule has 0 radical (unpaired) electrons. The van der Waals surface area contributed by atoms with Crippen molar-refractivity contribution >= 4 is 0 Å². The van der Waals surface area contributed by atoms with Gasteiger partial charge in [0.25, 0.3) is 0 Å². The average molecular weight is 278 g/mol. The third-order valence-corrected chi connectivity index (χ3v) is 3.91. The highest BCUT2D eigenvalue weighted by Crippen LogP contribution is 2.36. The maximum Gasteiger partial charge on any atom is 0.119 e. The summed E-state index contributed by atoms with van der Waals surface area (Å²) in [6.07, 6.45) is 4.64. The van der Waals surface area contributed by atoms with Crippen LogP contribution in [0.25, 0.3) is 0 Å². The van der Waals surface area contributed by atoms with Crippen molar-refractivity contribution < 1.29 is 14.6 Å². The van der Waals surface area contributed by atoms with Crippen LogP contribution in [0.5, 0.6) is 5.75 Å². The van der Waals surface area contributed by atoms with Gasteiger partial charge in [-0.05, 0) is 30.5 Å². The summed E-state index contributed by atoms with van der Waals surface area (Å²) < 4.78 is 11.3. The highest BCUT2D eigenvalue weighted by atomic mass is 16.5. The average Bonchev–Trinajstić information content (AvgIpc) is 2.46. The number of hydrogen-bond donors (Lipinski definition) is 1. The fourth-order valence-electron chi connectivity index (χ4n) is 2.78. The Kier molecular flexibility index (Phi) is 5.44. The molecule has 0 bridgehead atoms. The van der Waals surface area contributed by atoms with Gasteiger partial charge < -0.3 is 14.6 Å². The van der Waals surface area contributed by atoms with Crippen LogP contribution >= 0.6 is 0 Å². The molecular formula is C17H26O3. The molecule has 3 heteroatoms. The molecule has 2 rings (SSSR count). The molecule has 0 aliphatic carbocycles. The maximum atomic E-state index is 10.9. The predicted molar refractivity (Wildman–Crippen MR) is 80.0 cm³/mol. The van der Waals surface area contributed by atoms with Gasteiger partial charge in [0, 0.05) is 12.8 Å². The van der Waals surface area contributed by atoms with E-state index in [0.717, 1.165) is 37.2 Å². The lowest BCUT2D eigenvalue weighted by Crippen LogP contribution is -2.38. The van der Waals surface area contributed by atoms with E-state index in [-0.39, 0.29) is 6.10 Å². The van der Waals surface area contributed by atoms with Crippen LogP contribution in [0.4, 0.5) is 0 Å². The highest BCUT2D eigenvalue weighted by Gasteiger charge is 2.36. The van der Waals surface area contributed by atoms with Crippen LogP contribution in [0.1, 0.15) is 51.5 Å². The summed E-state index contributed by atoms with van der Waals surface area (Å²) in [7, 11) is 0. The van der Waals surface area contributed by atoms with E-state index in [4.69, 9.17) is 9.47 Å². The zero-order valence-electron chi connectivity index (χ0n) is 12.6. The molecule has 0 amide bonds. The standard InChI is InChI=1S/C17H26O3/c1-3-5-16-13-17(18,10-12-20-16)14-6-8-15(9-7-14)19-11-4-2/h6-9,16,18H,3-5,10-13H2,1-2H3. The van der Waals surface area contributed by atoms with Gasteiger partial charge in [0.1, 0.15) is 5.75 Å². The zero-order chi connectivity index (χ0) is 14.4. The van der Waals surface area contributed by atoms with Crippen molar-refractivity contribution in [3.05, 3.63) is 29.8 Å². The van der Waals surface area contributed by atoms with Gasteiger partial charge in [-0.1, -0.05) is 32.4 Å². The van der Waals surface area contributed by atoms with Gasteiger partial charge in [-0.3, -0.25) is 0 Å². The van der Waals surface area contributed by atoms with Crippen LogP contribution in [0, 0.1) is 0 Å². The number of benzene rings is 1. The molecule has 2 atom stereocenters. The highest BCUT2D eigenvalue weighted by molar-refractivity contribution is 5.31. The molecule has 1 aliphatic rings. The molecule has 1 heterocycles. The molecule has 112 valence electrons. The number of ether oxygens (including phenoxy) is 2. The predicted octanol–water partition coefficient (Wildman–Crippen LogP) is 3.64. The fraction of sp³-hybridized carbons (Fsp3) is 0.647. The normalized spacial score (nSPS) is 26.4. The zero-order valence-corrected chi connectivity index (χ0v) is 12.6. The van der Waals surface area contributed by atoms with E-state index in [0.29, 0.717) is 19.4 Å². The van der Waals surface area contributed by atoms with Crippen LogP contribution in [-0.2, 0) is 10.3 Å². The number of hydrogen-bond acceptors (Lipinski definition) is 3. The minimum Gasteiger partial charge on any atom is -0.494 e. The van der Waals surface area contributed by atoms with E-state index < -0.39 is 5.60 Å². The van der Waals surface area contributed by atoms with Crippen molar-refractivity contribution in [2.24, 2.45) is 0 Å². The van der Waals surface area contributed by atoms with Crippen LogP contribution in [0.3, 0.4) is 0 Å². The Morgan fingerprint density at radius 3 is 2.65 bits per heavy atom. The Bertz CT molecular complexity index is 399. The summed E-state index contributed by atoms with van der Waals surface area (Å²) in [4.78, 5) is 0. The second kappa shape index (κ2) is 7.09. The Hall–Kier alpha value is -1.06. The summed E-state index contributed by atoms with van der Waals surface area (Å²) in [6.45, 7) is 5.61. The van der Waals surface area contributed by atoms with E-state index in [2.05, 4.69) is 13.8 Å². The Morgan fingerprint density at radius 2 is 2.00 bits per heavy atom. The summed E-state index contributed by atoms with van der Waals surface area (Å²) >= 11 is 0. The molecule has 0 aromatic heterocycles. The van der Waals surface area contributed by atoms with E-state index in [1.165, 1.54) is 0 Å². The lowest BCUT2D eigenvalue weighted by atomic mass is 9.83. The first-order valence-corrected chi connectivity index (χ1v) is 7.75. The molecule has 1 aliphatic heterocycles. The number of aliphatic hydroxyl groups is 1. The minimum absolute atomic E-state index is 0.176. The van der Waals surface area contributed by atoms with Crippen LogP contribution in [-0.4, -0.2) is 24.4 Å². The molecule has 20 heavy (non-hydrogen) atoms. The Labute approximate surface area is 121 Å². The van der Waals surface area contributed by atoms with Crippen LogP contribution in [0.2, 0.25) is 0 Å². The lowest BCUT2D eigenvalue weighted by Gasteiger charge is -2.37. The molecule has 1 N–H and O–H groups in total. The molecule has 1 aromatic carbocycles. The molecule has 1 aromatic rings. The molecule has 0 spiro atoms. The summed E-state index contributed by atoms with van der Waals surface area (Å²) in [5, 5.41) is 10.9. The van der Waals surface area contributed by atoms with Crippen LogP contribution in [0.15, 0.2) is 24.3 Å². The van der Waals surface area contributed by atoms with Crippen molar-refractivity contribution in [1.29, 1.82) is 0 Å². The smallest absolute Gasteiger partial charge is 0.119 e. The fourth-order valence-corrected chi connectivity index (χ4v) is 2.78. The van der Waals surface area contributed by atoms with E-state index in [1.807, 2.05) is 24.3 Å². The van der Waals surface area contributed by atoms with Crippen molar-refractivity contribution in [2.45, 2.75) is 57.7 Å². The molecular weight excluding hydrogens is 252 g/mol. The van der Waals surface area contributed by atoms with Crippen LogP contribution < -0.4 is 4.74 Å². The molecule has 0 saturated carbocycles. The second-order valence-electron chi connectivity index (χ2n) is 5.64. The van der Waals surface area contributed by atoms with Crippen molar-refractivity contribution in [2.75, 3.05) is 13.2 Å². The van der Waals surface area contributed by atoms with Gasteiger partial charge in [-0.15, -0.1) is 0 Å². The van der Waals surface area contributed by atoms with Gasteiger partial charge >= 0.3 is 0 Å². The van der Waals surface area contributed by atoms with Gasteiger partial charge in [0.2, 0.25) is 0 Å². The molecule has 3 nitrogen and oxygen atoms in total. The molecule has 2 unspecified atom stereocenters. The topological polar surface area (TPSA) is 38.7 Å². The monoisotopic (exact) mass is 278 g/mol. The van der Waals surface area contributed by atoms with Gasteiger partial charge in [0.15, 0.2) is 0 Å². The van der Waals surface area contributed by atoms with Crippen molar-refractivity contribution in [3.63, 3.8) is 0 Å². The SMILES string of the molecule is CCCOc1ccc(C2(O)CCOC(CCC)C2)cc1. The lowest BCUT2D eigenvalue weighted by molar-refractivity contribution is -0.110. The molecule has 1 saturated heterocycles. The Balaban J connectivity index is 2.04. The summed E-state index contributed by atoms with van der Waals surface area (Å²) in [6, 6.07) is 7.87. The van der Waals surface area contributed by atoms with Gasteiger partial charge in [-0.25, -0.2) is 0 Å². The van der Waals surface area contributed by atoms with E-state index in [1.54, 1.807) is 0 Å². The first-order valence-electron chi connectivity index (χ1n) is 7.75. The van der Waals surface area contributed by atoms with Crippen molar-refractivity contribution in [1.82, 2.24) is 0 Å². The quantitative estimate of drug-likeness (QED) is 0.863. The van der Waals surface area contributed by atoms with E-state index in [9.17, 15) is 5.11 Å². The minimum atomic E-state index is -0.749. The maximum absolute atomic E-state index is 10.9. The first kappa shape index (κ1) is 15.3. The summed E-state index contributed by atoms with van der Waals surface area (Å²) in [5.74, 6) is 0.872. The third-order valence-electron chi connectivity index (χ3n) is 3.91. The second-order valence-corrected chi connectivity index (χ2v) is 5.64. The van der Waals surface area contributed by atoms with Gasteiger partial charge in [-0.2, -0.15) is 0 Å². The Morgan fingerprint density at radius 1 is 1.25 bits per heavy atom. The number of rotatable bonds is 6. The van der Waals surface area contributed by atoms with Gasteiger partial charge in [0.05, 0.1) is 24.9 Å². The van der Waals surface area contributed by atoms with Crippen molar-refractivity contribution in [3.8, 4) is 5.75 Å².